The van der Waals surface area contributed by atoms with Crippen molar-refractivity contribution in [2.24, 2.45) is 7.05 Å². The lowest BCUT2D eigenvalue weighted by Gasteiger charge is -2.32. The van der Waals surface area contributed by atoms with Crippen molar-refractivity contribution in [1.29, 1.82) is 0 Å². The molecule has 2 aliphatic rings. The molecular formula is C32H44ClN9O2. The average Bonchev–Trinajstić information content (AvgIpc) is 3.66. The number of urea groups is 1. The fourth-order valence-electron chi connectivity index (χ4n) is 6.28. The van der Waals surface area contributed by atoms with Crippen LogP contribution in [0.25, 0.3) is 5.65 Å². The van der Waals surface area contributed by atoms with Gasteiger partial charge in [-0.2, -0.15) is 5.10 Å². The maximum Gasteiger partial charge on any atom is 0.320 e. The molecule has 0 unspecified atom stereocenters. The number of nitrogens with zero attached hydrogens (tertiary/aromatic N) is 7. The molecule has 0 bridgehead atoms. The Morgan fingerprint density at radius 1 is 1.05 bits per heavy atom. The molecule has 2 N–H and O–H groups in total. The van der Waals surface area contributed by atoms with Gasteiger partial charge in [-0.25, -0.2) is 4.79 Å². The normalized spacial score (nSPS) is 22.1. The van der Waals surface area contributed by atoms with E-state index in [1.165, 1.54) is 0 Å². The van der Waals surface area contributed by atoms with E-state index in [1.54, 1.807) is 4.68 Å². The Hall–Kier alpha value is -3.67. The second kappa shape index (κ2) is 12.4. The van der Waals surface area contributed by atoms with Gasteiger partial charge in [0.1, 0.15) is 17.7 Å². The van der Waals surface area contributed by atoms with Gasteiger partial charge in [-0.1, -0.05) is 45.0 Å². The number of fused-ring (bicyclic) bond motifs is 2. The molecule has 236 valence electrons. The summed E-state index contributed by atoms with van der Waals surface area (Å²) < 4.78 is 10.4. The van der Waals surface area contributed by atoms with E-state index in [9.17, 15) is 4.79 Å². The Balaban J connectivity index is 0.00000384. The van der Waals surface area contributed by atoms with Crippen LogP contribution >= 0.6 is 12.4 Å². The summed E-state index contributed by atoms with van der Waals surface area (Å²) in [6.45, 7) is 7.31. The molecule has 1 aliphatic heterocycles. The van der Waals surface area contributed by atoms with Crippen LogP contribution in [0.5, 0.6) is 5.75 Å². The molecule has 1 fully saturated rings. The highest BCUT2D eigenvalue weighted by Gasteiger charge is 2.35. The second-order valence-electron chi connectivity index (χ2n) is 13.2. The minimum absolute atomic E-state index is 0. The molecule has 3 aromatic heterocycles. The lowest BCUT2D eigenvalue weighted by atomic mass is 9.85. The van der Waals surface area contributed by atoms with Gasteiger partial charge in [0.25, 0.3) is 0 Å². The van der Waals surface area contributed by atoms with Crippen LogP contribution in [0.1, 0.15) is 80.9 Å². The summed E-state index contributed by atoms with van der Waals surface area (Å²) in [5, 5.41) is 19.8. The second-order valence-corrected chi connectivity index (χ2v) is 13.2. The summed E-state index contributed by atoms with van der Waals surface area (Å²) in [5.74, 6) is 2.38. The van der Waals surface area contributed by atoms with Gasteiger partial charge in [0.2, 0.25) is 0 Å². The van der Waals surface area contributed by atoms with Crippen molar-refractivity contribution in [3.63, 3.8) is 0 Å². The zero-order chi connectivity index (χ0) is 30.5. The number of halogens is 1. The Bertz CT molecular complexity index is 1630. The molecule has 11 nitrogen and oxygen atoms in total. The number of hydrogen-bond acceptors (Lipinski definition) is 7. The van der Waals surface area contributed by atoms with Crippen LogP contribution < -0.4 is 15.4 Å². The predicted molar refractivity (Wildman–Crippen MR) is 174 cm³/mol. The largest absolute Gasteiger partial charge is 0.484 e. The number of aryl methyl sites for hydroxylation is 1. The maximum atomic E-state index is 13.1. The number of benzene rings is 1. The number of ether oxygens (including phenoxy) is 1. The summed E-state index contributed by atoms with van der Waals surface area (Å²) in [6.07, 6.45) is 4.42. The minimum atomic E-state index is -0.249. The van der Waals surface area contributed by atoms with E-state index in [0.717, 1.165) is 59.8 Å². The lowest BCUT2D eigenvalue weighted by Crippen LogP contribution is -2.36. The van der Waals surface area contributed by atoms with E-state index in [0.29, 0.717) is 11.9 Å². The highest BCUT2D eigenvalue weighted by Crippen LogP contribution is 2.39. The van der Waals surface area contributed by atoms with Crippen LogP contribution in [-0.2, 0) is 12.5 Å². The number of carbonyl (C=O) groups is 1. The van der Waals surface area contributed by atoms with Crippen molar-refractivity contribution in [2.45, 2.75) is 69.7 Å². The number of likely N-dealkylation sites (tertiary alicyclic amines) is 1. The monoisotopic (exact) mass is 621 g/mol. The van der Waals surface area contributed by atoms with E-state index in [2.05, 4.69) is 94.2 Å². The molecule has 6 rings (SSSR count). The van der Waals surface area contributed by atoms with E-state index >= 15 is 0 Å². The first-order valence-corrected chi connectivity index (χ1v) is 15.1. The van der Waals surface area contributed by atoms with Gasteiger partial charge in [-0.05, 0) is 63.7 Å². The quantitative estimate of drug-likeness (QED) is 0.302. The number of carbonyl (C=O) groups excluding carboxylic acids is 1. The van der Waals surface area contributed by atoms with Crippen molar-refractivity contribution in [2.75, 3.05) is 33.0 Å². The number of nitrogens with one attached hydrogen (secondary N) is 2. The number of aromatic nitrogens is 5. The van der Waals surface area contributed by atoms with Crippen LogP contribution in [0.15, 0.2) is 48.7 Å². The molecule has 0 spiro atoms. The third-order valence-corrected chi connectivity index (χ3v) is 8.87. The average molecular weight is 622 g/mol. The SMILES string of the molecule is CN(C)[C@H]1C[C@@H](c2nnc3ccc(O[C@@H]4CC[C@H](NC(=O)Nc5cc(C(C)(C)C)nn5C)c5ccccc54)cn23)N(C)C1.Cl. The molecule has 0 radical (unpaired) electrons. The van der Waals surface area contributed by atoms with Crippen LogP contribution in [0.4, 0.5) is 10.6 Å². The number of amides is 2. The Morgan fingerprint density at radius 3 is 2.48 bits per heavy atom. The van der Waals surface area contributed by atoms with Crippen LogP contribution in [-0.4, -0.2) is 73.9 Å². The molecule has 1 saturated heterocycles. The van der Waals surface area contributed by atoms with Crippen LogP contribution in [0.3, 0.4) is 0 Å². The fourth-order valence-corrected chi connectivity index (χ4v) is 6.28. The first kappa shape index (κ1) is 31.7. The Labute approximate surface area is 265 Å². The van der Waals surface area contributed by atoms with Crippen molar-refractivity contribution in [3.8, 4) is 5.75 Å². The topological polar surface area (TPSA) is 105 Å². The number of likely N-dealkylation sites (N-methyl/N-ethyl adjacent to an activating group) is 2. The summed E-state index contributed by atoms with van der Waals surface area (Å²) in [5.41, 5.74) is 3.80. The summed E-state index contributed by atoms with van der Waals surface area (Å²) >= 11 is 0. The molecule has 2 amide bonds. The van der Waals surface area contributed by atoms with Gasteiger partial charge in [0.15, 0.2) is 11.5 Å². The molecule has 4 aromatic rings. The third kappa shape index (κ3) is 6.27. The highest BCUT2D eigenvalue weighted by molar-refractivity contribution is 5.88. The summed E-state index contributed by atoms with van der Waals surface area (Å²) in [7, 11) is 8.26. The van der Waals surface area contributed by atoms with Crippen LogP contribution in [0, 0.1) is 0 Å². The molecule has 1 aliphatic carbocycles. The van der Waals surface area contributed by atoms with E-state index in [1.807, 2.05) is 43.6 Å². The zero-order valence-electron chi connectivity index (χ0n) is 26.6. The van der Waals surface area contributed by atoms with E-state index in [-0.39, 0.29) is 42.0 Å². The summed E-state index contributed by atoms with van der Waals surface area (Å²) in [4.78, 5) is 17.7. The number of hydrogen-bond donors (Lipinski definition) is 2. The number of pyridine rings is 1. The van der Waals surface area contributed by atoms with E-state index in [4.69, 9.17) is 4.74 Å². The van der Waals surface area contributed by atoms with Gasteiger partial charge in [0, 0.05) is 31.1 Å². The standard InChI is InChI=1S/C32H43N9O2.ClH/c1-32(2,3)27-17-29(40(7)37-27)34-31(42)33-24-13-14-26(23-11-9-8-10-22(23)24)43-21-12-15-28-35-36-30(41(28)19-21)25-16-20(38(4)5)18-39(25)6;/h8-12,15,17,19-20,24-26H,13-14,16,18H2,1-7H3,(H2,33,34,42);1H/t20-,24-,25-,26+;/m0./s1. The van der Waals surface area contributed by atoms with Gasteiger partial charge in [-0.15, -0.1) is 22.6 Å². The highest BCUT2D eigenvalue weighted by atomic mass is 35.5. The van der Waals surface area contributed by atoms with Gasteiger partial charge in [-0.3, -0.25) is 19.3 Å². The fraction of sp³-hybridized carbons (Fsp3) is 0.500. The van der Waals surface area contributed by atoms with Crippen LogP contribution in [0.2, 0.25) is 0 Å². The third-order valence-electron chi connectivity index (χ3n) is 8.87. The Kier molecular flexibility index (Phi) is 8.93. The van der Waals surface area contributed by atoms with Crippen molar-refractivity contribution >= 4 is 29.9 Å². The number of anilines is 1. The lowest BCUT2D eigenvalue weighted by molar-refractivity contribution is 0.171. The number of rotatable bonds is 6. The molecule has 1 aromatic carbocycles. The van der Waals surface area contributed by atoms with Crippen molar-refractivity contribution < 1.29 is 9.53 Å². The molecular weight excluding hydrogens is 578 g/mol. The maximum absolute atomic E-state index is 13.1. The van der Waals surface area contributed by atoms with Gasteiger partial charge in [0.05, 0.1) is 24.0 Å². The first-order valence-electron chi connectivity index (χ1n) is 15.1. The molecule has 0 saturated carbocycles. The predicted octanol–water partition coefficient (Wildman–Crippen LogP) is 5.27. The van der Waals surface area contributed by atoms with E-state index < -0.39 is 0 Å². The Morgan fingerprint density at radius 2 is 1.80 bits per heavy atom. The van der Waals surface area contributed by atoms with Crippen molar-refractivity contribution in [1.82, 2.24) is 39.5 Å². The smallest absolute Gasteiger partial charge is 0.320 e. The van der Waals surface area contributed by atoms with Crippen molar-refractivity contribution in [3.05, 3.63) is 71.3 Å². The molecule has 4 heterocycles. The first-order chi connectivity index (χ1) is 20.5. The van der Waals surface area contributed by atoms with Gasteiger partial charge < -0.3 is 15.0 Å². The summed E-state index contributed by atoms with van der Waals surface area (Å²) in [6, 6.07) is 14.4. The molecule has 44 heavy (non-hydrogen) atoms. The molecule has 12 heteroatoms. The zero-order valence-corrected chi connectivity index (χ0v) is 27.4. The molecule has 4 atom stereocenters. The van der Waals surface area contributed by atoms with Gasteiger partial charge >= 0.3 is 6.03 Å². The minimum Gasteiger partial charge on any atom is -0.484 e.